The van der Waals surface area contributed by atoms with Gasteiger partial charge >= 0.3 is 0 Å². The Kier molecular flexibility index (Phi) is 6.67. The first-order valence-corrected chi connectivity index (χ1v) is 12.5. The quantitative estimate of drug-likeness (QED) is 0.402. The van der Waals surface area contributed by atoms with Crippen molar-refractivity contribution in [2.75, 3.05) is 13.1 Å². The predicted octanol–water partition coefficient (Wildman–Crippen LogP) is 5.56. The zero-order chi connectivity index (χ0) is 23.3. The van der Waals surface area contributed by atoms with E-state index in [1.54, 1.807) is 23.5 Å². The molecule has 5 rings (SSSR count). The summed E-state index contributed by atoms with van der Waals surface area (Å²) in [6, 6.07) is 26.7. The van der Waals surface area contributed by atoms with Crippen LogP contribution in [0.2, 0.25) is 0 Å². The Morgan fingerprint density at radius 1 is 0.912 bits per heavy atom. The summed E-state index contributed by atoms with van der Waals surface area (Å²) in [6.07, 6.45) is 2.07. The number of fused-ring (bicyclic) bond motifs is 1. The molecular formula is C28H27N3O2S. The van der Waals surface area contributed by atoms with Crippen LogP contribution < -0.4 is 5.32 Å². The zero-order valence-electron chi connectivity index (χ0n) is 18.9. The van der Waals surface area contributed by atoms with Crippen LogP contribution in [0.25, 0.3) is 10.2 Å². The molecule has 1 unspecified atom stereocenters. The molecule has 1 aromatic heterocycles. The van der Waals surface area contributed by atoms with Crippen molar-refractivity contribution in [2.24, 2.45) is 0 Å². The van der Waals surface area contributed by atoms with Crippen LogP contribution in [0, 0.1) is 0 Å². The Bertz CT molecular complexity index is 1230. The van der Waals surface area contributed by atoms with Gasteiger partial charge in [0.15, 0.2) is 0 Å². The van der Waals surface area contributed by atoms with Gasteiger partial charge in [-0.2, -0.15) is 0 Å². The van der Waals surface area contributed by atoms with Crippen LogP contribution in [0.5, 0.6) is 0 Å². The molecule has 0 bridgehead atoms. The minimum atomic E-state index is -0.372. The summed E-state index contributed by atoms with van der Waals surface area (Å²) >= 11 is 1.76. The molecule has 6 heteroatoms. The van der Waals surface area contributed by atoms with E-state index >= 15 is 0 Å². The van der Waals surface area contributed by atoms with Crippen molar-refractivity contribution in [2.45, 2.75) is 31.2 Å². The van der Waals surface area contributed by atoms with Crippen molar-refractivity contribution in [3.05, 3.63) is 101 Å². The Hall–Kier alpha value is -3.51. The second kappa shape index (κ2) is 10.2. The highest BCUT2D eigenvalue weighted by atomic mass is 32.1. The van der Waals surface area contributed by atoms with Crippen molar-refractivity contribution in [3.63, 3.8) is 0 Å². The largest absolute Gasteiger partial charge is 0.345 e. The highest BCUT2D eigenvalue weighted by molar-refractivity contribution is 7.18. The maximum atomic E-state index is 13.2. The molecule has 0 radical (unpaired) electrons. The Balaban J connectivity index is 1.24. The third-order valence-corrected chi connectivity index (χ3v) is 7.63. The van der Waals surface area contributed by atoms with Crippen LogP contribution >= 0.6 is 11.3 Å². The van der Waals surface area contributed by atoms with Gasteiger partial charge in [0.1, 0.15) is 0 Å². The summed E-state index contributed by atoms with van der Waals surface area (Å²) in [4.78, 5) is 32.8. The lowest BCUT2D eigenvalue weighted by atomic mass is 9.96. The highest BCUT2D eigenvalue weighted by Gasteiger charge is 2.28. The molecule has 3 aromatic carbocycles. The van der Waals surface area contributed by atoms with Crippen molar-refractivity contribution in [1.82, 2.24) is 15.2 Å². The van der Waals surface area contributed by atoms with Crippen LogP contribution in [0.1, 0.15) is 52.2 Å². The standard InChI is InChI=1S/C28H27N3O2S/c32-26(31-17-15-22(16-18-31)28-30-23-13-7-8-14-25(23)34-28)19-24(20-9-3-1-4-10-20)29-27(33)21-11-5-2-6-12-21/h1-14,22,24H,15-19H2,(H,29,33). The first kappa shape index (κ1) is 22.3. The van der Waals surface area contributed by atoms with Crippen LogP contribution in [-0.2, 0) is 4.79 Å². The molecule has 0 saturated carbocycles. The van der Waals surface area contributed by atoms with E-state index in [9.17, 15) is 9.59 Å². The van der Waals surface area contributed by atoms with E-state index in [0.717, 1.165) is 23.9 Å². The van der Waals surface area contributed by atoms with E-state index < -0.39 is 0 Å². The Labute approximate surface area is 203 Å². The molecule has 5 nitrogen and oxygen atoms in total. The van der Waals surface area contributed by atoms with Crippen molar-refractivity contribution < 1.29 is 9.59 Å². The van der Waals surface area contributed by atoms with Gasteiger partial charge in [-0.15, -0.1) is 11.3 Å². The van der Waals surface area contributed by atoms with Crippen molar-refractivity contribution in [3.8, 4) is 0 Å². The molecule has 34 heavy (non-hydrogen) atoms. The molecule has 2 amide bonds. The van der Waals surface area contributed by atoms with Crippen LogP contribution in [-0.4, -0.2) is 34.8 Å². The molecule has 1 atom stereocenters. The molecule has 0 aliphatic carbocycles. The number of para-hydroxylation sites is 1. The number of aromatic nitrogens is 1. The summed E-state index contributed by atoms with van der Waals surface area (Å²) in [5.74, 6) is 0.297. The number of nitrogens with one attached hydrogen (secondary N) is 1. The van der Waals surface area contributed by atoms with Crippen LogP contribution in [0.3, 0.4) is 0 Å². The van der Waals surface area contributed by atoms with Gasteiger partial charge in [0, 0.05) is 24.6 Å². The van der Waals surface area contributed by atoms with E-state index in [0.29, 0.717) is 24.6 Å². The first-order valence-electron chi connectivity index (χ1n) is 11.7. The minimum absolute atomic E-state index is 0.0740. The van der Waals surface area contributed by atoms with E-state index in [1.807, 2.05) is 65.6 Å². The first-order chi connectivity index (χ1) is 16.7. The lowest BCUT2D eigenvalue weighted by Gasteiger charge is -2.32. The second-order valence-corrected chi connectivity index (χ2v) is 9.74. The third kappa shape index (κ3) is 5.02. The fourth-order valence-electron chi connectivity index (χ4n) is 4.51. The predicted molar refractivity (Wildman–Crippen MR) is 136 cm³/mol. The second-order valence-electron chi connectivity index (χ2n) is 8.68. The van der Waals surface area contributed by atoms with Gasteiger partial charge in [-0.1, -0.05) is 60.7 Å². The summed E-state index contributed by atoms with van der Waals surface area (Å²) in [5, 5.41) is 4.25. The van der Waals surface area contributed by atoms with Crippen LogP contribution in [0.4, 0.5) is 0 Å². The molecule has 0 spiro atoms. The minimum Gasteiger partial charge on any atom is -0.345 e. The number of piperidine rings is 1. The average molecular weight is 470 g/mol. The fourth-order valence-corrected chi connectivity index (χ4v) is 5.65. The maximum absolute atomic E-state index is 13.2. The number of carbonyl (C=O) groups excluding carboxylic acids is 2. The number of hydrogen-bond donors (Lipinski definition) is 1. The molecule has 1 fully saturated rings. The summed E-state index contributed by atoms with van der Waals surface area (Å²) in [5.41, 5.74) is 2.58. The summed E-state index contributed by atoms with van der Waals surface area (Å²) in [7, 11) is 0. The van der Waals surface area contributed by atoms with Gasteiger partial charge < -0.3 is 10.2 Å². The van der Waals surface area contributed by atoms with Gasteiger partial charge in [0.2, 0.25) is 5.91 Å². The van der Waals surface area contributed by atoms with Gasteiger partial charge in [-0.3, -0.25) is 9.59 Å². The monoisotopic (exact) mass is 469 g/mol. The van der Waals surface area contributed by atoms with Gasteiger partial charge in [-0.25, -0.2) is 4.98 Å². The molecule has 1 saturated heterocycles. The number of nitrogens with zero attached hydrogens (tertiary/aromatic N) is 2. The average Bonchev–Trinajstić information content (AvgIpc) is 3.34. The van der Waals surface area contributed by atoms with Gasteiger partial charge in [0.05, 0.1) is 27.7 Å². The van der Waals surface area contributed by atoms with Crippen LogP contribution in [0.15, 0.2) is 84.9 Å². The molecule has 1 aliphatic rings. The zero-order valence-corrected chi connectivity index (χ0v) is 19.7. The number of benzene rings is 3. The number of carbonyl (C=O) groups is 2. The number of hydrogen-bond acceptors (Lipinski definition) is 4. The number of thiazole rings is 1. The number of rotatable bonds is 6. The van der Waals surface area contributed by atoms with Gasteiger partial charge in [-0.05, 0) is 42.7 Å². The molecule has 1 aliphatic heterocycles. The van der Waals surface area contributed by atoms with Crippen molar-refractivity contribution >= 4 is 33.4 Å². The third-order valence-electron chi connectivity index (χ3n) is 6.43. The molecule has 4 aromatic rings. The SMILES string of the molecule is O=C(NC(CC(=O)N1CCC(c2nc3ccccc3s2)CC1)c1ccccc1)c1ccccc1. The van der Waals surface area contributed by atoms with E-state index in [-0.39, 0.29) is 24.3 Å². The maximum Gasteiger partial charge on any atom is 0.251 e. The van der Waals surface area contributed by atoms with E-state index in [4.69, 9.17) is 4.98 Å². The molecule has 2 heterocycles. The molecular weight excluding hydrogens is 442 g/mol. The Morgan fingerprint density at radius 3 is 2.26 bits per heavy atom. The molecule has 172 valence electrons. The summed E-state index contributed by atoms with van der Waals surface area (Å²) in [6.45, 7) is 1.43. The van der Waals surface area contributed by atoms with E-state index in [1.165, 1.54) is 9.71 Å². The van der Waals surface area contributed by atoms with E-state index in [2.05, 4.69) is 17.4 Å². The molecule has 1 N–H and O–H groups in total. The fraction of sp³-hybridized carbons (Fsp3) is 0.250. The normalized spacial score (nSPS) is 15.2. The summed E-state index contributed by atoms with van der Waals surface area (Å²) < 4.78 is 1.22. The number of amides is 2. The number of likely N-dealkylation sites (tertiary alicyclic amines) is 1. The topological polar surface area (TPSA) is 62.3 Å². The Morgan fingerprint density at radius 2 is 1.56 bits per heavy atom. The lowest BCUT2D eigenvalue weighted by molar-refractivity contribution is -0.132. The van der Waals surface area contributed by atoms with Crippen molar-refractivity contribution in [1.29, 1.82) is 0 Å². The lowest BCUT2D eigenvalue weighted by Crippen LogP contribution is -2.40. The smallest absolute Gasteiger partial charge is 0.251 e. The van der Waals surface area contributed by atoms with Gasteiger partial charge in [0.25, 0.3) is 5.91 Å². The highest BCUT2D eigenvalue weighted by Crippen LogP contribution is 2.34.